The first-order chi connectivity index (χ1) is 9.53. The molecule has 20 heavy (non-hydrogen) atoms. The molecule has 1 aromatic carbocycles. The zero-order valence-corrected chi connectivity index (χ0v) is 14.2. The molecule has 0 saturated carbocycles. The number of hydrogen-bond acceptors (Lipinski definition) is 2. The third-order valence-corrected chi connectivity index (χ3v) is 3.97. The number of hydrogen-bond donors (Lipinski definition) is 1. The molecule has 0 aliphatic carbocycles. The molecular formula is C16H22BrN3. The van der Waals surface area contributed by atoms with Gasteiger partial charge < -0.3 is 5.32 Å². The summed E-state index contributed by atoms with van der Waals surface area (Å²) in [7, 11) is 2.01. The Labute approximate surface area is 129 Å². The first-order valence-corrected chi connectivity index (χ1v) is 7.80. The highest BCUT2D eigenvalue weighted by Crippen LogP contribution is 2.23. The molecule has 2 aromatic rings. The van der Waals surface area contributed by atoms with E-state index >= 15 is 0 Å². The lowest BCUT2D eigenvalue weighted by Crippen LogP contribution is -2.20. The fourth-order valence-corrected chi connectivity index (χ4v) is 3.22. The number of aromatic nitrogens is 2. The van der Waals surface area contributed by atoms with Crippen LogP contribution in [-0.2, 0) is 13.0 Å². The Morgan fingerprint density at radius 2 is 2.00 bits per heavy atom. The van der Waals surface area contributed by atoms with Gasteiger partial charge in [-0.3, -0.25) is 4.68 Å². The Morgan fingerprint density at radius 1 is 1.25 bits per heavy atom. The Kier molecular flexibility index (Phi) is 5.00. The number of rotatable bonds is 5. The summed E-state index contributed by atoms with van der Waals surface area (Å²) in [5.74, 6) is 0. The van der Waals surface area contributed by atoms with Crippen LogP contribution in [0.4, 0.5) is 0 Å². The predicted molar refractivity (Wildman–Crippen MR) is 87.0 cm³/mol. The molecule has 0 radical (unpaired) electrons. The highest BCUT2D eigenvalue weighted by atomic mass is 79.9. The maximum absolute atomic E-state index is 4.52. The minimum atomic E-state index is 0.299. The SMILES string of the molecule is CCn1nc(C)cc1CC(NC)c1cc(C)cc(Br)c1. The van der Waals surface area contributed by atoms with E-state index in [1.807, 2.05) is 14.0 Å². The topological polar surface area (TPSA) is 29.9 Å². The highest BCUT2D eigenvalue weighted by Gasteiger charge is 2.14. The third-order valence-electron chi connectivity index (χ3n) is 3.51. The number of halogens is 1. The molecule has 108 valence electrons. The maximum atomic E-state index is 4.52. The molecule has 1 unspecified atom stereocenters. The molecule has 1 heterocycles. The molecule has 4 heteroatoms. The normalized spacial score (nSPS) is 12.7. The molecule has 1 N–H and O–H groups in total. The number of nitrogens with one attached hydrogen (secondary N) is 1. The molecule has 1 aromatic heterocycles. The van der Waals surface area contributed by atoms with E-state index < -0.39 is 0 Å². The second-order valence-electron chi connectivity index (χ2n) is 5.20. The van der Waals surface area contributed by atoms with Gasteiger partial charge in [-0.15, -0.1) is 0 Å². The van der Waals surface area contributed by atoms with Crippen molar-refractivity contribution in [2.45, 2.75) is 39.8 Å². The Balaban J connectivity index is 2.28. The molecule has 0 saturated heterocycles. The average Bonchev–Trinajstić information content (AvgIpc) is 2.74. The summed E-state index contributed by atoms with van der Waals surface area (Å²) in [5.41, 5.74) is 4.94. The second kappa shape index (κ2) is 6.55. The van der Waals surface area contributed by atoms with Crippen LogP contribution in [0.2, 0.25) is 0 Å². The number of nitrogens with zero attached hydrogens (tertiary/aromatic N) is 2. The zero-order valence-electron chi connectivity index (χ0n) is 12.6. The molecule has 0 fully saturated rings. The number of likely N-dealkylation sites (N-methyl/N-ethyl adjacent to an activating group) is 1. The van der Waals surface area contributed by atoms with E-state index in [0.29, 0.717) is 6.04 Å². The summed E-state index contributed by atoms with van der Waals surface area (Å²) in [5, 5.41) is 7.94. The molecule has 2 rings (SSSR count). The van der Waals surface area contributed by atoms with Crippen LogP contribution >= 0.6 is 15.9 Å². The summed E-state index contributed by atoms with van der Waals surface area (Å²) >= 11 is 3.58. The van der Waals surface area contributed by atoms with Crippen molar-refractivity contribution < 1.29 is 0 Å². The fourth-order valence-electron chi connectivity index (χ4n) is 2.60. The number of benzene rings is 1. The minimum Gasteiger partial charge on any atom is -0.313 e. The van der Waals surface area contributed by atoms with Gasteiger partial charge in [0.1, 0.15) is 0 Å². The Bertz CT molecular complexity index is 569. The molecule has 0 amide bonds. The zero-order chi connectivity index (χ0) is 14.7. The van der Waals surface area contributed by atoms with E-state index in [1.54, 1.807) is 0 Å². The summed E-state index contributed by atoms with van der Waals surface area (Å²) in [6, 6.07) is 9.04. The van der Waals surface area contributed by atoms with Crippen LogP contribution in [0.15, 0.2) is 28.7 Å². The van der Waals surface area contributed by atoms with Crippen LogP contribution in [0.5, 0.6) is 0 Å². The van der Waals surface area contributed by atoms with Crippen LogP contribution in [0.1, 0.15) is 35.5 Å². The van der Waals surface area contributed by atoms with Gasteiger partial charge in [-0.1, -0.05) is 22.0 Å². The lowest BCUT2D eigenvalue weighted by molar-refractivity contribution is 0.540. The maximum Gasteiger partial charge on any atom is 0.0596 e. The van der Waals surface area contributed by atoms with Crippen molar-refractivity contribution in [2.75, 3.05) is 7.05 Å². The van der Waals surface area contributed by atoms with E-state index in [4.69, 9.17) is 0 Å². The van der Waals surface area contributed by atoms with E-state index in [-0.39, 0.29) is 0 Å². The van der Waals surface area contributed by atoms with Gasteiger partial charge in [0, 0.05) is 29.2 Å². The average molecular weight is 336 g/mol. The van der Waals surface area contributed by atoms with Crippen molar-refractivity contribution >= 4 is 15.9 Å². The highest BCUT2D eigenvalue weighted by molar-refractivity contribution is 9.10. The number of aryl methyl sites for hydroxylation is 3. The molecular weight excluding hydrogens is 314 g/mol. The smallest absolute Gasteiger partial charge is 0.0596 e. The molecule has 0 aliphatic rings. The van der Waals surface area contributed by atoms with Crippen molar-refractivity contribution in [3.8, 4) is 0 Å². The first kappa shape index (κ1) is 15.3. The quantitative estimate of drug-likeness (QED) is 0.900. The van der Waals surface area contributed by atoms with Gasteiger partial charge >= 0.3 is 0 Å². The van der Waals surface area contributed by atoms with E-state index in [1.165, 1.54) is 16.8 Å². The largest absolute Gasteiger partial charge is 0.313 e. The van der Waals surface area contributed by atoms with Gasteiger partial charge in [-0.25, -0.2) is 0 Å². The van der Waals surface area contributed by atoms with Gasteiger partial charge in [0.25, 0.3) is 0 Å². The standard InChI is InChI=1S/C16H22BrN3/c1-5-20-15(8-12(3)19-20)10-16(18-4)13-6-11(2)7-14(17)9-13/h6-9,16,18H,5,10H2,1-4H3. The van der Waals surface area contributed by atoms with E-state index in [9.17, 15) is 0 Å². The van der Waals surface area contributed by atoms with Crippen molar-refractivity contribution in [3.63, 3.8) is 0 Å². The van der Waals surface area contributed by atoms with Gasteiger partial charge in [0.05, 0.1) is 5.69 Å². The van der Waals surface area contributed by atoms with Crippen LogP contribution in [0, 0.1) is 13.8 Å². The first-order valence-electron chi connectivity index (χ1n) is 7.01. The van der Waals surface area contributed by atoms with Gasteiger partial charge in [-0.05, 0) is 57.1 Å². The Hall–Kier alpha value is -1.13. The molecule has 0 bridgehead atoms. The van der Waals surface area contributed by atoms with Crippen LogP contribution in [0.25, 0.3) is 0 Å². The third kappa shape index (κ3) is 3.49. The van der Waals surface area contributed by atoms with E-state index in [0.717, 1.165) is 23.1 Å². The summed E-state index contributed by atoms with van der Waals surface area (Å²) < 4.78 is 3.22. The van der Waals surface area contributed by atoms with Crippen molar-refractivity contribution in [2.24, 2.45) is 0 Å². The minimum absolute atomic E-state index is 0.299. The van der Waals surface area contributed by atoms with Crippen molar-refractivity contribution in [3.05, 3.63) is 51.3 Å². The van der Waals surface area contributed by atoms with Crippen LogP contribution in [0.3, 0.4) is 0 Å². The molecule has 3 nitrogen and oxygen atoms in total. The molecule has 0 aliphatic heterocycles. The summed E-state index contributed by atoms with van der Waals surface area (Å²) in [6.07, 6.45) is 0.946. The molecule has 1 atom stereocenters. The van der Waals surface area contributed by atoms with E-state index in [2.05, 4.69) is 69.1 Å². The van der Waals surface area contributed by atoms with Crippen LogP contribution in [-0.4, -0.2) is 16.8 Å². The second-order valence-corrected chi connectivity index (χ2v) is 6.12. The van der Waals surface area contributed by atoms with Crippen LogP contribution < -0.4 is 5.32 Å². The predicted octanol–water partition coefficient (Wildman–Crippen LogP) is 3.79. The summed E-state index contributed by atoms with van der Waals surface area (Å²) in [6.45, 7) is 7.22. The van der Waals surface area contributed by atoms with Crippen molar-refractivity contribution in [1.29, 1.82) is 0 Å². The lowest BCUT2D eigenvalue weighted by atomic mass is 10.00. The van der Waals surface area contributed by atoms with Gasteiger partial charge in [0.15, 0.2) is 0 Å². The Morgan fingerprint density at radius 3 is 2.60 bits per heavy atom. The van der Waals surface area contributed by atoms with Gasteiger partial charge in [-0.2, -0.15) is 5.10 Å². The van der Waals surface area contributed by atoms with Crippen molar-refractivity contribution in [1.82, 2.24) is 15.1 Å². The lowest BCUT2D eigenvalue weighted by Gasteiger charge is -2.18. The fraction of sp³-hybridized carbons (Fsp3) is 0.438. The monoisotopic (exact) mass is 335 g/mol. The summed E-state index contributed by atoms with van der Waals surface area (Å²) in [4.78, 5) is 0. The van der Waals surface area contributed by atoms with Gasteiger partial charge in [0.2, 0.25) is 0 Å². The molecule has 0 spiro atoms.